The Kier molecular flexibility index (Phi) is 3.86. The van der Waals surface area contributed by atoms with Crippen molar-refractivity contribution >= 4 is 28.0 Å². The summed E-state index contributed by atoms with van der Waals surface area (Å²) in [7, 11) is 7.81. The maximum atomic E-state index is 4.73. The molecule has 0 saturated carbocycles. The van der Waals surface area contributed by atoms with Crippen LogP contribution in [0, 0.1) is 6.92 Å². The van der Waals surface area contributed by atoms with Crippen LogP contribution in [0.1, 0.15) is 5.69 Å². The highest BCUT2D eigenvalue weighted by atomic mass is 15.3. The Morgan fingerprint density at radius 2 is 1.61 bits per heavy atom. The van der Waals surface area contributed by atoms with Crippen LogP contribution in [-0.2, 0) is 7.05 Å². The molecule has 0 fully saturated rings. The first-order chi connectivity index (χ1) is 11.1. The van der Waals surface area contributed by atoms with Crippen LogP contribution in [0.15, 0.2) is 30.3 Å². The summed E-state index contributed by atoms with van der Waals surface area (Å²) in [5, 5.41) is 15.8. The highest BCUT2D eigenvalue weighted by Crippen LogP contribution is 2.41. The monoisotopic (exact) mass is 309 g/mol. The Bertz CT molecular complexity index is 838. The minimum Gasteiger partial charge on any atom is -0.388 e. The normalized spacial score (nSPS) is 10.8. The van der Waals surface area contributed by atoms with Crippen molar-refractivity contribution < 1.29 is 0 Å². The zero-order valence-corrected chi connectivity index (χ0v) is 14.3. The third-order valence-electron chi connectivity index (χ3n) is 4.40. The Morgan fingerprint density at radius 3 is 2.17 bits per heavy atom. The molecule has 0 atom stereocenters. The van der Waals surface area contributed by atoms with Gasteiger partial charge in [0.25, 0.3) is 0 Å². The molecule has 0 radical (unpaired) electrons. The van der Waals surface area contributed by atoms with E-state index in [-0.39, 0.29) is 0 Å². The van der Waals surface area contributed by atoms with Gasteiger partial charge in [0.2, 0.25) is 0 Å². The molecule has 0 unspecified atom stereocenters. The van der Waals surface area contributed by atoms with Crippen molar-refractivity contribution in [3.05, 3.63) is 36.0 Å². The van der Waals surface area contributed by atoms with Gasteiger partial charge in [0.05, 0.1) is 0 Å². The smallest absolute Gasteiger partial charge is 0.101 e. The first kappa shape index (κ1) is 15.2. The van der Waals surface area contributed by atoms with Gasteiger partial charge in [-0.05, 0) is 19.1 Å². The van der Waals surface area contributed by atoms with Gasteiger partial charge in [-0.1, -0.05) is 18.2 Å². The minimum absolute atomic E-state index is 1.03. The zero-order chi connectivity index (χ0) is 16.6. The van der Waals surface area contributed by atoms with E-state index in [4.69, 9.17) is 5.10 Å². The zero-order valence-electron chi connectivity index (χ0n) is 14.3. The Morgan fingerprint density at radius 1 is 0.957 bits per heavy atom. The molecule has 0 bridgehead atoms. The van der Waals surface area contributed by atoms with Crippen molar-refractivity contribution in [3.63, 3.8) is 0 Å². The average molecular weight is 309 g/mol. The summed E-state index contributed by atoms with van der Waals surface area (Å²) < 4.78 is 1.94. The third-order valence-corrected chi connectivity index (χ3v) is 4.40. The van der Waals surface area contributed by atoms with Crippen molar-refractivity contribution in [1.29, 1.82) is 0 Å². The minimum atomic E-state index is 1.03. The second-order valence-corrected chi connectivity index (χ2v) is 5.61. The van der Waals surface area contributed by atoms with Gasteiger partial charge in [-0.15, -0.1) is 0 Å². The summed E-state index contributed by atoms with van der Waals surface area (Å²) in [6, 6.07) is 10.6. The quantitative estimate of drug-likeness (QED) is 0.688. The van der Waals surface area contributed by atoms with E-state index in [1.807, 2.05) is 32.9 Å². The topological polar surface area (TPSA) is 53.9 Å². The molecule has 2 aromatic carbocycles. The molecular weight excluding hydrogens is 286 g/mol. The van der Waals surface area contributed by atoms with Crippen LogP contribution in [0.25, 0.3) is 22.0 Å². The summed E-state index contributed by atoms with van der Waals surface area (Å²) in [6.45, 7) is 2.10. The Labute approximate surface area is 136 Å². The second-order valence-electron chi connectivity index (χ2n) is 5.61. The van der Waals surface area contributed by atoms with E-state index in [2.05, 4.69) is 53.2 Å². The number of hydrogen-bond acceptors (Lipinski definition) is 4. The average Bonchev–Trinajstić information content (AvgIpc) is 2.88. The van der Waals surface area contributed by atoms with Gasteiger partial charge in [0.15, 0.2) is 0 Å². The largest absolute Gasteiger partial charge is 0.388 e. The molecule has 1 heterocycles. The lowest BCUT2D eigenvalue weighted by Crippen LogP contribution is -2.01. The molecule has 0 aliphatic carbocycles. The number of nitrogens with one attached hydrogen (secondary N) is 3. The van der Waals surface area contributed by atoms with Crippen molar-refractivity contribution in [2.75, 3.05) is 37.1 Å². The number of benzene rings is 2. The summed E-state index contributed by atoms with van der Waals surface area (Å²) in [5.74, 6) is 0. The first-order valence-electron chi connectivity index (χ1n) is 7.74. The fourth-order valence-electron chi connectivity index (χ4n) is 3.02. The molecule has 0 saturated heterocycles. The molecule has 23 heavy (non-hydrogen) atoms. The highest BCUT2D eigenvalue weighted by molar-refractivity contribution is 6.03. The van der Waals surface area contributed by atoms with Crippen LogP contribution in [0.4, 0.5) is 17.1 Å². The van der Waals surface area contributed by atoms with Crippen LogP contribution in [0.3, 0.4) is 0 Å². The maximum Gasteiger partial charge on any atom is 0.101 e. The standard InChI is InChI=1S/C18H23N5/c1-11-13-7-6-8-14(18(13)22-23(11)5)17-15(20-3)9-12(19-2)10-16(17)21-4/h6-10,19-21H,1-5H3. The van der Waals surface area contributed by atoms with E-state index >= 15 is 0 Å². The number of nitrogens with zero attached hydrogens (tertiary/aromatic N) is 2. The van der Waals surface area contributed by atoms with Crippen molar-refractivity contribution in [3.8, 4) is 11.1 Å². The summed E-state index contributed by atoms with van der Waals surface area (Å²) in [6.07, 6.45) is 0. The van der Waals surface area contributed by atoms with Gasteiger partial charge >= 0.3 is 0 Å². The number of hydrogen-bond donors (Lipinski definition) is 3. The van der Waals surface area contributed by atoms with Crippen LogP contribution in [-0.4, -0.2) is 30.9 Å². The van der Waals surface area contributed by atoms with Crippen LogP contribution in [0.5, 0.6) is 0 Å². The lowest BCUT2D eigenvalue weighted by atomic mass is 9.98. The number of aryl methyl sites for hydroxylation is 2. The SMILES string of the molecule is CNc1cc(NC)c(-c2cccc3c(C)n(C)nc23)c(NC)c1. The van der Waals surface area contributed by atoms with Gasteiger partial charge in [-0.25, -0.2) is 0 Å². The van der Waals surface area contributed by atoms with Crippen LogP contribution in [0.2, 0.25) is 0 Å². The number of rotatable bonds is 4. The fraction of sp³-hybridized carbons (Fsp3) is 0.278. The number of anilines is 3. The first-order valence-corrected chi connectivity index (χ1v) is 7.74. The maximum absolute atomic E-state index is 4.73. The third kappa shape index (κ3) is 2.38. The highest BCUT2D eigenvalue weighted by Gasteiger charge is 2.17. The van der Waals surface area contributed by atoms with Crippen LogP contribution >= 0.6 is 0 Å². The summed E-state index contributed by atoms with van der Waals surface area (Å²) in [4.78, 5) is 0. The molecule has 1 aromatic heterocycles. The van der Waals surface area contributed by atoms with Crippen molar-refractivity contribution in [2.24, 2.45) is 7.05 Å². The van der Waals surface area contributed by atoms with Gasteiger partial charge in [0.1, 0.15) is 5.52 Å². The van der Waals surface area contributed by atoms with E-state index in [9.17, 15) is 0 Å². The molecule has 0 amide bonds. The Balaban J connectivity index is 2.36. The molecule has 0 spiro atoms. The molecule has 3 N–H and O–H groups in total. The van der Waals surface area contributed by atoms with Gasteiger partial charge in [-0.2, -0.15) is 5.10 Å². The lowest BCUT2D eigenvalue weighted by Gasteiger charge is -2.17. The molecule has 0 aliphatic rings. The van der Waals surface area contributed by atoms with E-state index in [1.165, 1.54) is 11.1 Å². The van der Waals surface area contributed by atoms with E-state index < -0.39 is 0 Å². The van der Waals surface area contributed by atoms with Crippen molar-refractivity contribution in [1.82, 2.24) is 9.78 Å². The predicted octanol–water partition coefficient (Wildman–Crippen LogP) is 3.67. The van der Waals surface area contributed by atoms with Gasteiger partial charge < -0.3 is 16.0 Å². The second kappa shape index (κ2) is 5.83. The predicted molar refractivity (Wildman–Crippen MR) is 99.5 cm³/mol. The molecule has 3 aromatic rings. The van der Waals surface area contributed by atoms with E-state index in [1.54, 1.807) is 0 Å². The molecule has 3 rings (SSSR count). The van der Waals surface area contributed by atoms with Gasteiger partial charge in [-0.3, -0.25) is 4.68 Å². The summed E-state index contributed by atoms with van der Waals surface area (Å²) >= 11 is 0. The van der Waals surface area contributed by atoms with Crippen LogP contribution < -0.4 is 16.0 Å². The van der Waals surface area contributed by atoms with E-state index in [0.29, 0.717) is 0 Å². The molecule has 0 aliphatic heterocycles. The van der Waals surface area contributed by atoms with Gasteiger partial charge in [0, 0.05) is 67.5 Å². The van der Waals surface area contributed by atoms with E-state index in [0.717, 1.165) is 33.7 Å². The number of aromatic nitrogens is 2. The lowest BCUT2D eigenvalue weighted by molar-refractivity contribution is 0.751. The Hall–Kier alpha value is -2.69. The number of fused-ring (bicyclic) bond motifs is 1. The summed E-state index contributed by atoms with van der Waals surface area (Å²) in [5.41, 5.74) is 7.66. The molecule has 120 valence electrons. The fourth-order valence-corrected chi connectivity index (χ4v) is 3.02. The molecule has 5 heteroatoms. The molecule has 5 nitrogen and oxygen atoms in total. The van der Waals surface area contributed by atoms with Crippen molar-refractivity contribution in [2.45, 2.75) is 6.92 Å². The molecular formula is C18H23N5.